The zero-order valence-corrected chi connectivity index (χ0v) is 10.1. The number of hydrogen-bond acceptors (Lipinski definition) is 2. The maximum absolute atomic E-state index is 7.09. The van der Waals surface area contributed by atoms with Gasteiger partial charge in [0.05, 0.1) is 0 Å². The standard InChI is InChI=1S/C15H16N2O/c16-15(17)11-18-14-8-6-13(7-9-14)10-12-4-2-1-3-5-12/h1-9H,10-11H2,(H3,16,17). The van der Waals surface area contributed by atoms with Crippen LogP contribution in [0.5, 0.6) is 5.75 Å². The first-order valence-corrected chi connectivity index (χ1v) is 5.82. The summed E-state index contributed by atoms with van der Waals surface area (Å²) in [5, 5.41) is 7.09. The molecule has 0 bridgehead atoms. The van der Waals surface area contributed by atoms with E-state index in [0.717, 1.165) is 12.2 Å². The second-order valence-electron chi connectivity index (χ2n) is 4.12. The zero-order valence-electron chi connectivity index (χ0n) is 10.1. The second-order valence-corrected chi connectivity index (χ2v) is 4.12. The van der Waals surface area contributed by atoms with Crippen molar-refractivity contribution in [2.45, 2.75) is 6.42 Å². The van der Waals surface area contributed by atoms with Crippen molar-refractivity contribution in [2.75, 3.05) is 6.61 Å². The number of ether oxygens (including phenoxy) is 1. The largest absolute Gasteiger partial charge is 0.486 e. The number of benzene rings is 2. The maximum Gasteiger partial charge on any atom is 0.145 e. The van der Waals surface area contributed by atoms with E-state index >= 15 is 0 Å². The van der Waals surface area contributed by atoms with Gasteiger partial charge in [-0.15, -0.1) is 0 Å². The lowest BCUT2D eigenvalue weighted by Gasteiger charge is -2.06. The molecule has 0 aromatic heterocycles. The SMILES string of the molecule is N=C(N)COc1ccc(Cc2ccccc2)cc1. The van der Waals surface area contributed by atoms with E-state index in [-0.39, 0.29) is 12.4 Å². The van der Waals surface area contributed by atoms with Gasteiger partial charge in [0.25, 0.3) is 0 Å². The molecule has 3 heteroatoms. The Morgan fingerprint density at radius 3 is 2.17 bits per heavy atom. The molecule has 0 saturated carbocycles. The number of nitrogens with one attached hydrogen (secondary N) is 1. The van der Waals surface area contributed by atoms with E-state index in [9.17, 15) is 0 Å². The third-order valence-electron chi connectivity index (χ3n) is 2.57. The first-order valence-electron chi connectivity index (χ1n) is 5.82. The third-order valence-corrected chi connectivity index (χ3v) is 2.57. The van der Waals surface area contributed by atoms with Gasteiger partial charge in [-0.05, 0) is 29.7 Å². The predicted octanol–water partition coefficient (Wildman–Crippen LogP) is 2.59. The molecule has 2 rings (SSSR count). The average molecular weight is 240 g/mol. The fourth-order valence-electron chi connectivity index (χ4n) is 1.70. The normalized spacial score (nSPS) is 10.0. The van der Waals surface area contributed by atoms with Crippen molar-refractivity contribution in [1.82, 2.24) is 0 Å². The lowest BCUT2D eigenvalue weighted by atomic mass is 10.1. The molecule has 2 aromatic rings. The van der Waals surface area contributed by atoms with Crippen LogP contribution in [0.1, 0.15) is 11.1 Å². The fraction of sp³-hybridized carbons (Fsp3) is 0.133. The van der Waals surface area contributed by atoms with Crippen LogP contribution in [0.25, 0.3) is 0 Å². The molecule has 18 heavy (non-hydrogen) atoms. The van der Waals surface area contributed by atoms with Crippen LogP contribution in [0.2, 0.25) is 0 Å². The lowest BCUT2D eigenvalue weighted by molar-refractivity contribution is 0.374. The number of rotatable bonds is 5. The molecule has 0 aliphatic rings. The van der Waals surface area contributed by atoms with Crippen molar-refractivity contribution in [3.63, 3.8) is 0 Å². The van der Waals surface area contributed by atoms with E-state index in [1.807, 2.05) is 42.5 Å². The minimum Gasteiger partial charge on any atom is -0.486 e. The predicted molar refractivity (Wildman–Crippen MR) is 73.1 cm³/mol. The molecule has 0 fully saturated rings. The van der Waals surface area contributed by atoms with E-state index < -0.39 is 0 Å². The molecule has 0 amide bonds. The summed E-state index contributed by atoms with van der Waals surface area (Å²) >= 11 is 0. The summed E-state index contributed by atoms with van der Waals surface area (Å²) in [6, 6.07) is 18.2. The van der Waals surface area contributed by atoms with E-state index in [0.29, 0.717) is 0 Å². The van der Waals surface area contributed by atoms with Crippen molar-refractivity contribution >= 4 is 5.84 Å². The maximum atomic E-state index is 7.09. The van der Waals surface area contributed by atoms with Crippen molar-refractivity contribution in [3.05, 3.63) is 65.7 Å². The van der Waals surface area contributed by atoms with Crippen LogP contribution >= 0.6 is 0 Å². The van der Waals surface area contributed by atoms with Crippen molar-refractivity contribution < 1.29 is 4.74 Å². The molecule has 0 unspecified atom stereocenters. The Hall–Kier alpha value is -2.29. The highest BCUT2D eigenvalue weighted by atomic mass is 16.5. The molecular weight excluding hydrogens is 224 g/mol. The molecule has 2 aromatic carbocycles. The van der Waals surface area contributed by atoms with Gasteiger partial charge in [-0.25, -0.2) is 0 Å². The fourth-order valence-corrected chi connectivity index (χ4v) is 1.70. The summed E-state index contributed by atoms with van der Waals surface area (Å²) in [5.41, 5.74) is 7.75. The van der Waals surface area contributed by atoms with Gasteiger partial charge in [0.1, 0.15) is 18.2 Å². The van der Waals surface area contributed by atoms with Crippen LogP contribution in [0.4, 0.5) is 0 Å². The summed E-state index contributed by atoms with van der Waals surface area (Å²) in [6.07, 6.45) is 0.911. The van der Waals surface area contributed by atoms with Gasteiger partial charge in [0.2, 0.25) is 0 Å². The van der Waals surface area contributed by atoms with Gasteiger partial charge in [-0.2, -0.15) is 0 Å². The number of amidine groups is 1. The highest BCUT2D eigenvalue weighted by molar-refractivity contribution is 5.78. The van der Waals surface area contributed by atoms with E-state index in [4.69, 9.17) is 15.9 Å². The Balaban J connectivity index is 1.97. The molecule has 0 spiro atoms. The van der Waals surface area contributed by atoms with Crippen molar-refractivity contribution in [2.24, 2.45) is 5.73 Å². The molecule has 0 aliphatic carbocycles. The number of nitrogens with two attached hydrogens (primary N) is 1. The molecule has 0 heterocycles. The Labute approximate surface area is 107 Å². The molecule has 0 radical (unpaired) electrons. The molecule has 0 aliphatic heterocycles. The first-order chi connectivity index (χ1) is 8.74. The van der Waals surface area contributed by atoms with E-state index in [1.54, 1.807) is 0 Å². The second kappa shape index (κ2) is 5.87. The molecular formula is C15H16N2O. The van der Waals surface area contributed by atoms with Crippen LogP contribution in [-0.4, -0.2) is 12.4 Å². The van der Waals surface area contributed by atoms with E-state index in [2.05, 4.69) is 12.1 Å². The van der Waals surface area contributed by atoms with Crippen LogP contribution < -0.4 is 10.5 Å². The van der Waals surface area contributed by atoms with Gasteiger partial charge in [-0.3, -0.25) is 5.41 Å². The van der Waals surface area contributed by atoms with Gasteiger partial charge < -0.3 is 10.5 Å². The minimum atomic E-state index is 0.0309. The molecule has 3 N–H and O–H groups in total. The Bertz CT molecular complexity index is 506. The zero-order chi connectivity index (χ0) is 12.8. The quantitative estimate of drug-likeness (QED) is 0.623. The highest BCUT2D eigenvalue weighted by Crippen LogP contribution is 2.15. The average Bonchev–Trinajstić information content (AvgIpc) is 2.39. The van der Waals surface area contributed by atoms with E-state index in [1.165, 1.54) is 11.1 Å². The minimum absolute atomic E-state index is 0.0309. The number of hydrogen-bond donors (Lipinski definition) is 2. The molecule has 0 saturated heterocycles. The molecule has 92 valence electrons. The smallest absolute Gasteiger partial charge is 0.145 e. The van der Waals surface area contributed by atoms with Crippen LogP contribution in [0.15, 0.2) is 54.6 Å². The summed E-state index contributed by atoms with van der Waals surface area (Å²) in [7, 11) is 0. The summed E-state index contributed by atoms with van der Waals surface area (Å²) in [4.78, 5) is 0. The molecule has 3 nitrogen and oxygen atoms in total. The summed E-state index contributed by atoms with van der Waals surface area (Å²) in [5.74, 6) is 0.769. The van der Waals surface area contributed by atoms with Crippen LogP contribution in [0, 0.1) is 5.41 Å². The first kappa shape index (κ1) is 12.2. The molecule has 0 atom stereocenters. The Kier molecular flexibility index (Phi) is 3.97. The Morgan fingerprint density at radius 1 is 0.944 bits per heavy atom. The monoisotopic (exact) mass is 240 g/mol. The van der Waals surface area contributed by atoms with Crippen LogP contribution in [0.3, 0.4) is 0 Å². The topological polar surface area (TPSA) is 59.1 Å². The highest BCUT2D eigenvalue weighted by Gasteiger charge is 1.98. The van der Waals surface area contributed by atoms with Crippen LogP contribution in [-0.2, 0) is 6.42 Å². The van der Waals surface area contributed by atoms with Gasteiger partial charge in [0, 0.05) is 0 Å². The van der Waals surface area contributed by atoms with Gasteiger partial charge in [-0.1, -0.05) is 42.5 Å². The Morgan fingerprint density at radius 2 is 1.56 bits per heavy atom. The summed E-state index contributed by atoms with van der Waals surface area (Å²) < 4.78 is 5.32. The van der Waals surface area contributed by atoms with Crippen molar-refractivity contribution in [3.8, 4) is 5.75 Å². The van der Waals surface area contributed by atoms with Crippen molar-refractivity contribution in [1.29, 1.82) is 5.41 Å². The lowest BCUT2D eigenvalue weighted by Crippen LogP contribution is -2.19. The summed E-state index contributed by atoms with van der Waals surface area (Å²) in [6.45, 7) is 0.137. The third kappa shape index (κ3) is 3.63. The van der Waals surface area contributed by atoms with Gasteiger partial charge in [0.15, 0.2) is 0 Å². The van der Waals surface area contributed by atoms with Gasteiger partial charge >= 0.3 is 0 Å².